The Hall–Kier alpha value is -1.35. The van der Waals surface area contributed by atoms with Gasteiger partial charge in [-0.15, -0.1) is 0 Å². The molecular weight excluding hydrogens is 226 g/mol. The molecule has 0 fully saturated rings. The monoisotopic (exact) mass is 249 g/mol. The van der Waals surface area contributed by atoms with Gasteiger partial charge in [0.15, 0.2) is 0 Å². The maximum Gasteiger partial charge on any atom is 0.251 e. The van der Waals surface area contributed by atoms with Gasteiger partial charge in [0.05, 0.1) is 12.6 Å². The number of nitrogens with one attached hydrogen (secondary N) is 1. The van der Waals surface area contributed by atoms with Crippen molar-refractivity contribution in [2.24, 2.45) is 0 Å². The lowest BCUT2D eigenvalue weighted by Crippen LogP contribution is -2.38. The van der Waals surface area contributed by atoms with Crippen LogP contribution in [-0.2, 0) is 5.41 Å². The third-order valence-electron chi connectivity index (χ3n) is 3.03. The molecule has 0 saturated carbocycles. The molecule has 0 aromatic heterocycles. The first-order valence-corrected chi connectivity index (χ1v) is 6.41. The molecule has 0 heterocycles. The van der Waals surface area contributed by atoms with Crippen LogP contribution in [0.5, 0.6) is 0 Å². The summed E-state index contributed by atoms with van der Waals surface area (Å²) in [5, 5.41) is 12.0. The summed E-state index contributed by atoms with van der Waals surface area (Å²) in [6.07, 6.45) is 0.722. The molecule has 1 atom stereocenters. The molecule has 1 rings (SSSR count). The van der Waals surface area contributed by atoms with Crippen LogP contribution in [0.3, 0.4) is 0 Å². The van der Waals surface area contributed by atoms with Crippen LogP contribution in [0.15, 0.2) is 24.3 Å². The number of amides is 1. The van der Waals surface area contributed by atoms with Crippen molar-refractivity contribution in [3.8, 4) is 0 Å². The van der Waals surface area contributed by atoms with Gasteiger partial charge in [-0.3, -0.25) is 4.79 Å². The fraction of sp³-hybridized carbons (Fsp3) is 0.533. The van der Waals surface area contributed by atoms with E-state index in [0.29, 0.717) is 5.56 Å². The summed E-state index contributed by atoms with van der Waals surface area (Å²) in [4.78, 5) is 12.2. The molecule has 1 aromatic carbocycles. The fourth-order valence-corrected chi connectivity index (χ4v) is 1.88. The highest BCUT2D eigenvalue weighted by Gasteiger charge is 2.22. The van der Waals surface area contributed by atoms with E-state index >= 15 is 0 Å². The Bertz CT molecular complexity index is 403. The summed E-state index contributed by atoms with van der Waals surface area (Å²) < 4.78 is 0. The second-order valence-corrected chi connectivity index (χ2v) is 5.56. The molecule has 2 N–H and O–H groups in total. The van der Waals surface area contributed by atoms with Crippen LogP contribution >= 0.6 is 0 Å². The molecule has 1 unspecified atom stereocenters. The third kappa shape index (κ3) is 3.57. The number of carbonyl (C=O) groups is 1. The number of benzene rings is 1. The normalized spacial score (nSPS) is 13.2. The summed E-state index contributed by atoms with van der Waals surface area (Å²) in [6, 6.07) is 7.45. The topological polar surface area (TPSA) is 49.3 Å². The summed E-state index contributed by atoms with van der Waals surface area (Å²) in [5.41, 5.74) is 1.64. The maximum atomic E-state index is 12.2. The minimum atomic E-state index is -0.175. The first kappa shape index (κ1) is 14.7. The van der Waals surface area contributed by atoms with Gasteiger partial charge in [-0.05, 0) is 23.5 Å². The zero-order valence-corrected chi connectivity index (χ0v) is 11.7. The molecule has 3 nitrogen and oxygen atoms in total. The fourth-order valence-electron chi connectivity index (χ4n) is 1.88. The van der Waals surface area contributed by atoms with Crippen LogP contribution < -0.4 is 5.32 Å². The molecule has 3 heteroatoms. The number of carbonyl (C=O) groups excluding carboxylic acids is 1. The van der Waals surface area contributed by atoms with Gasteiger partial charge < -0.3 is 10.4 Å². The van der Waals surface area contributed by atoms with Gasteiger partial charge in [0.25, 0.3) is 5.91 Å². The number of rotatable bonds is 4. The SMILES string of the molecule is CCC(CO)NC(=O)c1ccccc1C(C)(C)C. The molecule has 1 amide bonds. The van der Waals surface area contributed by atoms with E-state index in [1.807, 2.05) is 31.2 Å². The van der Waals surface area contributed by atoms with Crippen LogP contribution in [0.25, 0.3) is 0 Å². The average Bonchev–Trinajstić information content (AvgIpc) is 2.34. The van der Waals surface area contributed by atoms with Gasteiger partial charge in [0, 0.05) is 5.56 Å². The predicted octanol–water partition coefficient (Wildman–Crippen LogP) is 2.48. The van der Waals surface area contributed by atoms with Gasteiger partial charge in [0.2, 0.25) is 0 Å². The van der Waals surface area contributed by atoms with Crippen LogP contribution in [0.4, 0.5) is 0 Å². The summed E-state index contributed by atoms with van der Waals surface area (Å²) >= 11 is 0. The minimum absolute atomic E-state index is 0.0279. The Kier molecular flexibility index (Phi) is 4.91. The molecule has 0 aliphatic carbocycles. The van der Waals surface area contributed by atoms with Gasteiger partial charge in [-0.1, -0.05) is 45.9 Å². The van der Waals surface area contributed by atoms with E-state index in [1.54, 1.807) is 0 Å². The first-order chi connectivity index (χ1) is 8.40. The molecule has 18 heavy (non-hydrogen) atoms. The second kappa shape index (κ2) is 6.01. The second-order valence-electron chi connectivity index (χ2n) is 5.56. The van der Waals surface area contributed by atoms with Crippen molar-refractivity contribution < 1.29 is 9.90 Å². The average molecular weight is 249 g/mol. The Morgan fingerprint density at radius 3 is 2.44 bits per heavy atom. The molecule has 0 aliphatic rings. The highest BCUT2D eigenvalue weighted by atomic mass is 16.3. The number of hydrogen-bond acceptors (Lipinski definition) is 2. The maximum absolute atomic E-state index is 12.2. The zero-order valence-electron chi connectivity index (χ0n) is 11.7. The van der Waals surface area contributed by atoms with Gasteiger partial charge in [-0.2, -0.15) is 0 Å². The lowest BCUT2D eigenvalue weighted by Gasteiger charge is -2.23. The summed E-state index contributed by atoms with van der Waals surface area (Å²) in [6.45, 7) is 8.17. The third-order valence-corrected chi connectivity index (χ3v) is 3.03. The van der Waals surface area contributed by atoms with Crippen LogP contribution in [0, 0.1) is 0 Å². The van der Waals surface area contributed by atoms with Gasteiger partial charge >= 0.3 is 0 Å². The molecule has 1 aromatic rings. The molecule has 0 bridgehead atoms. The van der Waals surface area contributed by atoms with Crippen molar-refractivity contribution in [1.29, 1.82) is 0 Å². The smallest absolute Gasteiger partial charge is 0.251 e. The van der Waals surface area contributed by atoms with Crippen molar-refractivity contribution in [3.05, 3.63) is 35.4 Å². The Morgan fingerprint density at radius 2 is 1.94 bits per heavy atom. The molecule has 100 valence electrons. The van der Waals surface area contributed by atoms with Crippen molar-refractivity contribution in [3.63, 3.8) is 0 Å². The van der Waals surface area contributed by atoms with Crippen molar-refractivity contribution in [1.82, 2.24) is 5.32 Å². The highest BCUT2D eigenvalue weighted by Crippen LogP contribution is 2.25. The van der Waals surface area contributed by atoms with Gasteiger partial charge in [-0.25, -0.2) is 0 Å². The van der Waals surface area contributed by atoms with E-state index in [9.17, 15) is 4.79 Å². The van der Waals surface area contributed by atoms with Crippen LogP contribution in [0.1, 0.15) is 50.0 Å². The lowest BCUT2D eigenvalue weighted by molar-refractivity contribution is 0.0912. The zero-order chi connectivity index (χ0) is 13.8. The molecule has 0 saturated heterocycles. The van der Waals surface area contributed by atoms with Crippen LogP contribution in [-0.4, -0.2) is 23.7 Å². The van der Waals surface area contributed by atoms with E-state index in [-0.39, 0.29) is 24.0 Å². The molecule has 0 radical (unpaired) electrons. The molecule has 0 spiro atoms. The van der Waals surface area contributed by atoms with Crippen LogP contribution in [0.2, 0.25) is 0 Å². The van der Waals surface area contributed by atoms with Crippen molar-refractivity contribution >= 4 is 5.91 Å². The standard InChI is InChI=1S/C15H23NO2/c1-5-11(10-17)16-14(18)12-8-6-7-9-13(12)15(2,3)4/h6-9,11,17H,5,10H2,1-4H3,(H,16,18). The quantitative estimate of drug-likeness (QED) is 0.861. The van der Waals surface area contributed by atoms with E-state index in [1.165, 1.54) is 0 Å². The Morgan fingerprint density at radius 1 is 1.33 bits per heavy atom. The van der Waals surface area contributed by atoms with E-state index in [0.717, 1.165) is 12.0 Å². The number of aliphatic hydroxyl groups excluding tert-OH is 1. The molecule has 0 aliphatic heterocycles. The van der Waals surface area contributed by atoms with Crippen molar-refractivity contribution in [2.75, 3.05) is 6.61 Å². The lowest BCUT2D eigenvalue weighted by atomic mass is 9.83. The minimum Gasteiger partial charge on any atom is -0.394 e. The number of hydrogen-bond donors (Lipinski definition) is 2. The van der Waals surface area contributed by atoms with E-state index < -0.39 is 0 Å². The summed E-state index contributed by atoms with van der Waals surface area (Å²) in [5.74, 6) is -0.110. The van der Waals surface area contributed by atoms with E-state index in [2.05, 4.69) is 26.1 Å². The Labute approximate surface area is 109 Å². The highest BCUT2D eigenvalue weighted by molar-refractivity contribution is 5.96. The predicted molar refractivity (Wildman–Crippen MR) is 73.8 cm³/mol. The Balaban J connectivity index is 2.99. The largest absolute Gasteiger partial charge is 0.394 e. The first-order valence-electron chi connectivity index (χ1n) is 6.41. The number of aliphatic hydroxyl groups is 1. The summed E-state index contributed by atoms with van der Waals surface area (Å²) in [7, 11) is 0. The van der Waals surface area contributed by atoms with Crippen molar-refractivity contribution in [2.45, 2.75) is 45.6 Å². The van der Waals surface area contributed by atoms with E-state index in [4.69, 9.17) is 5.11 Å². The molecular formula is C15H23NO2. The van der Waals surface area contributed by atoms with Gasteiger partial charge in [0.1, 0.15) is 0 Å².